The van der Waals surface area contributed by atoms with Crippen LogP contribution in [0.15, 0.2) is 83.3 Å². The molecule has 0 radical (unpaired) electrons. The average molecular weight is 409 g/mol. The second kappa shape index (κ2) is 6.23. The number of fused-ring (bicyclic) bond motifs is 7. The van der Waals surface area contributed by atoms with Crippen molar-refractivity contribution in [3.05, 3.63) is 106 Å². The summed E-state index contributed by atoms with van der Waals surface area (Å²) in [6.07, 6.45) is 0.837. The highest BCUT2D eigenvalue weighted by Crippen LogP contribution is 2.53. The lowest BCUT2D eigenvalue weighted by Crippen LogP contribution is -2.15. The lowest BCUT2D eigenvalue weighted by molar-refractivity contribution is 0.656. The van der Waals surface area contributed by atoms with Gasteiger partial charge in [0.1, 0.15) is 11.2 Å². The molecule has 1 aliphatic rings. The third-order valence-electron chi connectivity index (χ3n) is 6.60. The molecule has 0 spiro atoms. The van der Waals surface area contributed by atoms with Crippen LogP contribution in [-0.2, 0) is 11.8 Å². The van der Waals surface area contributed by atoms with Gasteiger partial charge in [-0.2, -0.15) is 0 Å². The van der Waals surface area contributed by atoms with E-state index in [4.69, 9.17) is 16.0 Å². The van der Waals surface area contributed by atoms with Crippen LogP contribution in [0.4, 0.5) is 0 Å². The summed E-state index contributed by atoms with van der Waals surface area (Å²) in [7, 11) is 0. The van der Waals surface area contributed by atoms with E-state index in [0.717, 1.165) is 28.2 Å². The molecule has 0 fully saturated rings. The Kier molecular flexibility index (Phi) is 3.70. The molecule has 0 unspecified atom stereocenters. The SMILES string of the molecule is CC1(C)c2cc(Cc3ccccc3Cl)ccc2-c2c1ccc1oc3ccccc3c21. The summed E-state index contributed by atoms with van der Waals surface area (Å²) in [4.78, 5) is 0. The Hall–Kier alpha value is -3.03. The van der Waals surface area contributed by atoms with Crippen LogP contribution in [0, 0.1) is 0 Å². The maximum atomic E-state index is 6.42. The molecule has 146 valence electrons. The summed E-state index contributed by atoms with van der Waals surface area (Å²) in [5.41, 5.74) is 9.67. The molecule has 0 amide bonds. The second-order valence-corrected chi connectivity index (χ2v) is 9.14. The van der Waals surface area contributed by atoms with Gasteiger partial charge >= 0.3 is 0 Å². The number of furan rings is 1. The summed E-state index contributed by atoms with van der Waals surface area (Å²) in [6.45, 7) is 4.65. The van der Waals surface area contributed by atoms with Gasteiger partial charge in [0.2, 0.25) is 0 Å². The van der Waals surface area contributed by atoms with E-state index >= 15 is 0 Å². The number of rotatable bonds is 2. The molecule has 0 saturated heterocycles. The van der Waals surface area contributed by atoms with Gasteiger partial charge in [0.25, 0.3) is 0 Å². The van der Waals surface area contributed by atoms with Gasteiger partial charge in [-0.25, -0.2) is 0 Å². The molecule has 2 heteroatoms. The summed E-state index contributed by atoms with van der Waals surface area (Å²) in [5.74, 6) is 0. The highest BCUT2D eigenvalue weighted by Gasteiger charge is 2.37. The molecule has 0 atom stereocenters. The first-order chi connectivity index (χ1) is 14.5. The maximum absolute atomic E-state index is 6.42. The fourth-order valence-corrected chi connectivity index (χ4v) is 5.26. The molecular formula is C28H21ClO. The molecule has 0 aliphatic heterocycles. The number of hydrogen-bond acceptors (Lipinski definition) is 1. The normalized spacial score (nSPS) is 14.2. The summed E-state index contributed by atoms with van der Waals surface area (Å²) in [6, 6.07) is 27.7. The van der Waals surface area contributed by atoms with E-state index in [1.807, 2.05) is 18.2 Å². The van der Waals surface area contributed by atoms with Crippen LogP contribution in [0.5, 0.6) is 0 Å². The van der Waals surface area contributed by atoms with Gasteiger partial charge in [-0.1, -0.05) is 86.1 Å². The molecule has 6 rings (SSSR count). The predicted molar refractivity (Wildman–Crippen MR) is 126 cm³/mol. The Bertz CT molecular complexity index is 1450. The Morgan fingerprint density at radius 3 is 2.47 bits per heavy atom. The molecule has 1 aromatic heterocycles. The Morgan fingerprint density at radius 2 is 1.60 bits per heavy atom. The zero-order chi connectivity index (χ0) is 20.5. The number of hydrogen-bond donors (Lipinski definition) is 0. The fourth-order valence-electron chi connectivity index (χ4n) is 5.06. The number of halogens is 1. The minimum Gasteiger partial charge on any atom is -0.456 e. The van der Waals surface area contributed by atoms with Crippen LogP contribution in [0.2, 0.25) is 5.02 Å². The maximum Gasteiger partial charge on any atom is 0.136 e. The Morgan fingerprint density at radius 1 is 0.800 bits per heavy atom. The van der Waals surface area contributed by atoms with Crippen molar-refractivity contribution in [3.63, 3.8) is 0 Å². The van der Waals surface area contributed by atoms with Crippen LogP contribution in [0.25, 0.3) is 33.1 Å². The molecule has 1 aliphatic carbocycles. The standard InChI is InChI=1S/C28H21ClO/c1-28(2)21-13-14-25-27(20-8-4-6-10-24(20)30-25)26(21)19-12-11-17(16-22(19)28)15-18-7-3-5-9-23(18)29/h3-14,16H,15H2,1-2H3. The molecule has 0 saturated carbocycles. The van der Waals surface area contributed by atoms with Crippen LogP contribution in [-0.4, -0.2) is 0 Å². The minimum atomic E-state index is -0.0618. The smallest absolute Gasteiger partial charge is 0.136 e. The highest BCUT2D eigenvalue weighted by molar-refractivity contribution is 6.31. The van der Waals surface area contributed by atoms with E-state index in [9.17, 15) is 0 Å². The molecule has 0 N–H and O–H groups in total. The van der Waals surface area contributed by atoms with Crippen molar-refractivity contribution in [2.45, 2.75) is 25.7 Å². The summed E-state index contributed by atoms with van der Waals surface area (Å²) in [5, 5.41) is 3.24. The molecule has 0 bridgehead atoms. The van der Waals surface area contributed by atoms with Gasteiger partial charge in [0.15, 0.2) is 0 Å². The molecule has 1 nitrogen and oxygen atoms in total. The summed E-state index contributed by atoms with van der Waals surface area (Å²) < 4.78 is 6.16. The molecular weight excluding hydrogens is 388 g/mol. The predicted octanol–water partition coefficient (Wildman–Crippen LogP) is 8.14. The highest BCUT2D eigenvalue weighted by atomic mass is 35.5. The third-order valence-corrected chi connectivity index (χ3v) is 6.96. The minimum absolute atomic E-state index is 0.0618. The van der Waals surface area contributed by atoms with E-state index in [0.29, 0.717) is 0 Å². The first-order valence-corrected chi connectivity index (χ1v) is 10.7. The fraction of sp³-hybridized carbons (Fsp3) is 0.143. The second-order valence-electron chi connectivity index (χ2n) is 8.73. The first kappa shape index (κ1) is 17.8. The van der Waals surface area contributed by atoms with Crippen molar-refractivity contribution in [3.8, 4) is 11.1 Å². The van der Waals surface area contributed by atoms with E-state index in [2.05, 4.69) is 74.5 Å². The first-order valence-electron chi connectivity index (χ1n) is 10.4. The van der Waals surface area contributed by atoms with Gasteiger partial charge in [-0.3, -0.25) is 0 Å². The topological polar surface area (TPSA) is 13.1 Å². The third kappa shape index (κ3) is 2.42. The van der Waals surface area contributed by atoms with Crippen molar-refractivity contribution in [2.75, 3.05) is 0 Å². The van der Waals surface area contributed by atoms with Crippen molar-refractivity contribution in [1.82, 2.24) is 0 Å². The van der Waals surface area contributed by atoms with Gasteiger partial charge in [-0.15, -0.1) is 0 Å². The lowest BCUT2D eigenvalue weighted by atomic mass is 9.81. The zero-order valence-corrected chi connectivity index (χ0v) is 17.8. The Balaban J connectivity index is 1.58. The quantitative estimate of drug-likeness (QED) is 0.287. The van der Waals surface area contributed by atoms with Crippen molar-refractivity contribution < 1.29 is 4.42 Å². The van der Waals surface area contributed by atoms with Crippen LogP contribution < -0.4 is 0 Å². The molecule has 4 aromatic carbocycles. The van der Waals surface area contributed by atoms with Gasteiger partial charge in [-0.05, 0) is 58.0 Å². The molecule has 30 heavy (non-hydrogen) atoms. The van der Waals surface area contributed by atoms with Gasteiger partial charge < -0.3 is 4.42 Å². The van der Waals surface area contributed by atoms with Crippen molar-refractivity contribution in [2.24, 2.45) is 0 Å². The van der Waals surface area contributed by atoms with Crippen molar-refractivity contribution >= 4 is 33.5 Å². The summed E-state index contributed by atoms with van der Waals surface area (Å²) >= 11 is 6.42. The zero-order valence-electron chi connectivity index (χ0n) is 17.0. The monoisotopic (exact) mass is 408 g/mol. The van der Waals surface area contributed by atoms with Crippen LogP contribution in [0.1, 0.15) is 36.1 Å². The van der Waals surface area contributed by atoms with E-state index < -0.39 is 0 Å². The molecule has 1 heterocycles. The largest absolute Gasteiger partial charge is 0.456 e. The lowest BCUT2D eigenvalue weighted by Gasteiger charge is -2.22. The van der Waals surface area contributed by atoms with E-state index in [1.165, 1.54) is 38.6 Å². The Labute approximate surface area is 180 Å². The van der Waals surface area contributed by atoms with Gasteiger partial charge in [0, 0.05) is 21.2 Å². The van der Waals surface area contributed by atoms with Gasteiger partial charge in [0.05, 0.1) is 0 Å². The molecule has 5 aromatic rings. The average Bonchev–Trinajstić information content (AvgIpc) is 3.23. The van der Waals surface area contributed by atoms with E-state index in [1.54, 1.807) is 0 Å². The van der Waals surface area contributed by atoms with Crippen molar-refractivity contribution in [1.29, 1.82) is 0 Å². The number of para-hydroxylation sites is 1. The van der Waals surface area contributed by atoms with Crippen LogP contribution >= 0.6 is 11.6 Å². The van der Waals surface area contributed by atoms with E-state index in [-0.39, 0.29) is 5.41 Å². The van der Waals surface area contributed by atoms with Crippen LogP contribution in [0.3, 0.4) is 0 Å². The number of benzene rings is 4.